The minimum Gasteiger partial charge on any atom is -0.493 e. The molecule has 160 valence electrons. The number of methoxy groups -OCH3 is 3. The first-order valence-corrected chi connectivity index (χ1v) is 10.2. The van der Waals surface area contributed by atoms with Crippen molar-refractivity contribution >= 4 is 11.8 Å². The second kappa shape index (κ2) is 9.82. The molecule has 2 aliphatic rings. The van der Waals surface area contributed by atoms with Gasteiger partial charge in [-0.15, -0.1) is 0 Å². The highest BCUT2D eigenvalue weighted by atomic mass is 16.5. The molecule has 1 saturated carbocycles. The van der Waals surface area contributed by atoms with E-state index >= 15 is 0 Å². The SMILES string of the molecule is COc1cc(C(=O)N[C@@H]2CCCC[C@H]2NC(=O)[C@@H]2CCCN2)cc(OC)c1OC. The molecule has 2 fully saturated rings. The van der Waals surface area contributed by atoms with Crippen molar-refractivity contribution in [1.82, 2.24) is 16.0 Å². The summed E-state index contributed by atoms with van der Waals surface area (Å²) in [6, 6.07) is 2.97. The van der Waals surface area contributed by atoms with Gasteiger partial charge in [0.25, 0.3) is 5.91 Å². The fraction of sp³-hybridized carbons (Fsp3) is 0.619. The maximum Gasteiger partial charge on any atom is 0.251 e. The lowest BCUT2D eigenvalue weighted by atomic mass is 9.89. The number of hydrogen-bond acceptors (Lipinski definition) is 6. The zero-order valence-electron chi connectivity index (χ0n) is 17.4. The highest BCUT2D eigenvalue weighted by Gasteiger charge is 2.31. The molecule has 29 heavy (non-hydrogen) atoms. The summed E-state index contributed by atoms with van der Waals surface area (Å²) in [5.74, 6) is 1.10. The molecule has 0 radical (unpaired) electrons. The number of carbonyl (C=O) groups excluding carboxylic acids is 2. The van der Waals surface area contributed by atoms with Gasteiger partial charge in [0.2, 0.25) is 11.7 Å². The molecule has 1 aromatic carbocycles. The minimum atomic E-state index is -0.227. The van der Waals surface area contributed by atoms with Crippen LogP contribution in [-0.2, 0) is 4.79 Å². The lowest BCUT2D eigenvalue weighted by Crippen LogP contribution is -2.55. The normalized spacial score (nSPS) is 23.9. The zero-order valence-corrected chi connectivity index (χ0v) is 17.4. The van der Waals surface area contributed by atoms with E-state index in [9.17, 15) is 9.59 Å². The molecule has 1 aliphatic carbocycles. The Morgan fingerprint density at radius 2 is 1.52 bits per heavy atom. The molecule has 3 N–H and O–H groups in total. The van der Waals surface area contributed by atoms with Crippen molar-refractivity contribution in [2.24, 2.45) is 0 Å². The average Bonchev–Trinajstić information content (AvgIpc) is 3.29. The average molecular weight is 405 g/mol. The lowest BCUT2D eigenvalue weighted by Gasteiger charge is -2.33. The van der Waals surface area contributed by atoms with Gasteiger partial charge in [0.15, 0.2) is 11.5 Å². The standard InChI is InChI=1S/C21H31N3O5/c1-27-17-11-13(12-18(28-2)19(17)29-3)20(25)23-14-7-4-5-8-15(14)24-21(26)16-9-6-10-22-16/h11-12,14-16,22H,4-10H2,1-3H3,(H,23,25)(H,24,26)/t14-,15-,16+/m1/s1. The summed E-state index contributed by atoms with van der Waals surface area (Å²) in [5.41, 5.74) is 0.424. The number of benzene rings is 1. The van der Waals surface area contributed by atoms with Crippen molar-refractivity contribution in [1.29, 1.82) is 0 Å². The molecule has 2 amide bonds. The summed E-state index contributed by atoms with van der Waals surface area (Å²) >= 11 is 0. The monoisotopic (exact) mass is 405 g/mol. The third-order valence-electron chi connectivity index (χ3n) is 5.71. The molecular weight excluding hydrogens is 374 g/mol. The molecule has 1 aliphatic heterocycles. The number of hydrogen-bond donors (Lipinski definition) is 3. The summed E-state index contributed by atoms with van der Waals surface area (Å²) < 4.78 is 16.0. The highest BCUT2D eigenvalue weighted by Crippen LogP contribution is 2.38. The van der Waals surface area contributed by atoms with Crippen molar-refractivity contribution in [3.8, 4) is 17.2 Å². The van der Waals surface area contributed by atoms with Gasteiger partial charge in [-0.05, 0) is 44.4 Å². The summed E-state index contributed by atoms with van der Waals surface area (Å²) in [6.45, 7) is 0.879. The van der Waals surface area contributed by atoms with Crippen LogP contribution < -0.4 is 30.2 Å². The van der Waals surface area contributed by atoms with Crippen LogP contribution in [0.3, 0.4) is 0 Å². The summed E-state index contributed by atoms with van der Waals surface area (Å²) in [7, 11) is 4.56. The van der Waals surface area contributed by atoms with E-state index in [0.29, 0.717) is 22.8 Å². The van der Waals surface area contributed by atoms with Crippen LogP contribution in [0.4, 0.5) is 0 Å². The van der Waals surface area contributed by atoms with Gasteiger partial charge in [0.1, 0.15) is 0 Å². The Morgan fingerprint density at radius 3 is 2.03 bits per heavy atom. The van der Waals surface area contributed by atoms with Gasteiger partial charge in [-0.25, -0.2) is 0 Å². The van der Waals surface area contributed by atoms with Crippen molar-refractivity contribution in [3.05, 3.63) is 17.7 Å². The van der Waals surface area contributed by atoms with E-state index in [1.807, 2.05) is 0 Å². The van der Waals surface area contributed by atoms with Crippen molar-refractivity contribution in [2.45, 2.75) is 56.7 Å². The number of carbonyl (C=O) groups is 2. The smallest absolute Gasteiger partial charge is 0.251 e. The first-order chi connectivity index (χ1) is 14.1. The molecule has 1 saturated heterocycles. The van der Waals surface area contributed by atoms with Gasteiger partial charge in [-0.2, -0.15) is 0 Å². The Morgan fingerprint density at radius 1 is 0.897 bits per heavy atom. The zero-order chi connectivity index (χ0) is 20.8. The Kier molecular flexibility index (Phi) is 7.19. The maximum absolute atomic E-state index is 12.9. The Labute approximate surface area is 171 Å². The van der Waals surface area contributed by atoms with E-state index < -0.39 is 0 Å². The predicted octanol–water partition coefficient (Wildman–Crippen LogP) is 1.62. The molecule has 1 aromatic rings. The van der Waals surface area contributed by atoms with Gasteiger partial charge < -0.3 is 30.2 Å². The molecule has 0 spiro atoms. The van der Waals surface area contributed by atoms with Crippen LogP contribution in [0.25, 0.3) is 0 Å². The van der Waals surface area contributed by atoms with E-state index in [4.69, 9.17) is 14.2 Å². The topological polar surface area (TPSA) is 97.9 Å². The van der Waals surface area contributed by atoms with Crippen LogP contribution in [0.15, 0.2) is 12.1 Å². The van der Waals surface area contributed by atoms with Crippen LogP contribution in [0.2, 0.25) is 0 Å². The van der Waals surface area contributed by atoms with Crippen molar-refractivity contribution in [3.63, 3.8) is 0 Å². The van der Waals surface area contributed by atoms with E-state index in [-0.39, 0.29) is 29.9 Å². The first-order valence-electron chi connectivity index (χ1n) is 10.2. The second-order valence-electron chi connectivity index (χ2n) is 7.54. The Bertz CT molecular complexity index is 708. The molecule has 8 heteroatoms. The van der Waals surface area contributed by atoms with Gasteiger partial charge >= 0.3 is 0 Å². The predicted molar refractivity (Wildman–Crippen MR) is 109 cm³/mol. The van der Waals surface area contributed by atoms with Gasteiger partial charge in [-0.1, -0.05) is 12.8 Å². The molecule has 0 bridgehead atoms. The van der Waals surface area contributed by atoms with E-state index in [0.717, 1.165) is 45.1 Å². The summed E-state index contributed by atoms with van der Waals surface area (Å²) in [6.07, 6.45) is 5.64. The van der Waals surface area contributed by atoms with E-state index in [1.54, 1.807) is 12.1 Å². The third-order valence-corrected chi connectivity index (χ3v) is 5.71. The van der Waals surface area contributed by atoms with Crippen molar-refractivity contribution < 1.29 is 23.8 Å². The number of amides is 2. The van der Waals surface area contributed by atoms with Crippen LogP contribution in [0.5, 0.6) is 17.2 Å². The minimum absolute atomic E-state index is 0.0291. The molecule has 3 atom stereocenters. The van der Waals surface area contributed by atoms with E-state index in [2.05, 4.69) is 16.0 Å². The second-order valence-corrected chi connectivity index (χ2v) is 7.54. The molecule has 1 heterocycles. The number of nitrogens with one attached hydrogen (secondary N) is 3. The molecular formula is C21H31N3O5. The molecule has 0 aromatic heterocycles. The number of ether oxygens (including phenoxy) is 3. The lowest BCUT2D eigenvalue weighted by molar-refractivity contribution is -0.123. The number of rotatable bonds is 7. The van der Waals surface area contributed by atoms with Crippen LogP contribution >= 0.6 is 0 Å². The Balaban J connectivity index is 1.71. The quantitative estimate of drug-likeness (QED) is 0.638. The highest BCUT2D eigenvalue weighted by molar-refractivity contribution is 5.96. The van der Waals surface area contributed by atoms with E-state index in [1.165, 1.54) is 21.3 Å². The maximum atomic E-state index is 12.9. The van der Waals surface area contributed by atoms with Crippen LogP contribution in [0, 0.1) is 0 Å². The third kappa shape index (κ3) is 4.93. The summed E-state index contributed by atoms with van der Waals surface area (Å²) in [5, 5.41) is 9.47. The van der Waals surface area contributed by atoms with Gasteiger partial charge in [0.05, 0.1) is 27.4 Å². The fourth-order valence-electron chi connectivity index (χ4n) is 4.13. The largest absolute Gasteiger partial charge is 0.493 e. The van der Waals surface area contributed by atoms with Crippen LogP contribution in [-0.4, -0.2) is 57.8 Å². The van der Waals surface area contributed by atoms with Crippen LogP contribution in [0.1, 0.15) is 48.9 Å². The van der Waals surface area contributed by atoms with Gasteiger partial charge in [0, 0.05) is 17.6 Å². The summed E-state index contributed by atoms with van der Waals surface area (Å²) in [4.78, 5) is 25.5. The molecule has 0 unspecified atom stereocenters. The molecule has 8 nitrogen and oxygen atoms in total. The van der Waals surface area contributed by atoms with Crippen molar-refractivity contribution in [2.75, 3.05) is 27.9 Å². The first kappa shape index (κ1) is 21.2. The fourth-order valence-corrected chi connectivity index (χ4v) is 4.13. The Hall–Kier alpha value is -2.48. The van der Waals surface area contributed by atoms with Gasteiger partial charge in [-0.3, -0.25) is 9.59 Å². The molecule has 3 rings (SSSR count).